The number of halogens is 2. The fourth-order valence-corrected chi connectivity index (χ4v) is 2.22. The van der Waals surface area contributed by atoms with Crippen LogP contribution in [0.2, 0.25) is 10.0 Å². The predicted molar refractivity (Wildman–Crippen MR) is 86.4 cm³/mol. The first-order valence-corrected chi connectivity index (χ1v) is 7.21. The maximum atomic E-state index is 6.10. The smallest absolute Gasteiger partial charge is 0.122 e. The Kier molecular flexibility index (Phi) is 5.16. The molecule has 0 bridgehead atoms. The SMILES string of the molecule is Cc1ccc(C)c(OCCNc2cccc(Cl)c2Cl)c1. The van der Waals surface area contributed by atoms with E-state index in [1.165, 1.54) is 5.56 Å². The summed E-state index contributed by atoms with van der Waals surface area (Å²) in [4.78, 5) is 0. The fraction of sp³-hybridized carbons (Fsp3) is 0.250. The van der Waals surface area contributed by atoms with Gasteiger partial charge in [-0.2, -0.15) is 0 Å². The molecule has 0 atom stereocenters. The van der Waals surface area contributed by atoms with Crippen LogP contribution < -0.4 is 10.1 Å². The molecule has 0 aromatic heterocycles. The molecule has 0 aliphatic carbocycles. The largest absolute Gasteiger partial charge is 0.491 e. The van der Waals surface area contributed by atoms with E-state index in [1.807, 2.05) is 25.1 Å². The van der Waals surface area contributed by atoms with E-state index in [9.17, 15) is 0 Å². The fourth-order valence-electron chi connectivity index (χ4n) is 1.85. The first-order chi connectivity index (χ1) is 9.58. The quantitative estimate of drug-likeness (QED) is 0.776. The van der Waals surface area contributed by atoms with Crippen LogP contribution in [-0.2, 0) is 0 Å². The van der Waals surface area contributed by atoms with Crippen LogP contribution in [0.5, 0.6) is 5.75 Å². The normalized spacial score (nSPS) is 10.4. The van der Waals surface area contributed by atoms with E-state index >= 15 is 0 Å². The Balaban J connectivity index is 1.88. The molecule has 0 unspecified atom stereocenters. The zero-order valence-electron chi connectivity index (χ0n) is 11.5. The summed E-state index contributed by atoms with van der Waals surface area (Å²) in [5, 5.41) is 4.31. The highest BCUT2D eigenvalue weighted by atomic mass is 35.5. The summed E-state index contributed by atoms with van der Waals surface area (Å²) in [7, 11) is 0. The van der Waals surface area contributed by atoms with E-state index in [-0.39, 0.29) is 0 Å². The van der Waals surface area contributed by atoms with Gasteiger partial charge in [-0.3, -0.25) is 0 Å². The van der Waals surface area contributed by atoms with Crippen molar-refractivity contribution >= 4 is 28.9 Å². The van der Waals surface area contributed by atoms with Crippen molar-refractivity contribution in [2.75, 3.05) is 18.5 Å². The van der Waals surface area contributed by atoms with Crippen LogP contribution in [0, 0.1) is 13.8 Å². The van der Waals surface area contributed by atoms with Crippen LogP contribution in [0.4, 0.5) is 5.69 Å². The van der Waals surface area contributed by atoms with Gasteiger partial charge in [-0.05, 0) is 43.2 Å². The lowest BCUT2D eigenvalue weighted by atomic mass is 10.1. The van der Waals surface area contributed by atoms with E-state index in [0.29, 0.717) is 23.2 Å². The molecule has 1 N–H and O–H groups in total. The van der Waals surface area contributed by atoms with E-state index < -0.39 is 0 Å². The lowest BCUT2D eigenvalue weighted by Crippen LogP contribution is -2.12. The molecular formula is C16H17Cl2NO. The third-order valence-electron chi connectivity index (χ3n) is 2.97. The molecule has 20 heavy (non-hydrogen) atoms. The van der Waals surface area contributed by atoms with E-state index in [1.54, 1.807) is 6.07 Å². The van der Waals surface area contributed by atoms with Gasteiger partial charge in [-0.25, -0.2) is 0 Å². The zero-order valence-corrected chi connectivity index (χ0v) is 13.1. The molecule has 0 spiro atoms. The molecule has 0 aliphatic rings. The Morgan fingerprint density at radius 2 is 1.90 bits per heavy atom. The van der Waals surface area contributed by atoms with Crippen LogP contribution >= 0.6 is 23.2 Å². The average molecular weight is 310 g/mol. The molecule has 0 amide bonds. The van der Waals surface area contributed by atoms with Crippen molar-refractivity contribution in [3.63, 3.8) is 0 Å². The van der Waals surface area contributed by atoms with Crippen LogP contribution in [0.25, 0.3) is 0 Å². The number of aryl methyl sites for hydroxylation is 2. The minimum atomic E-state index is 0.543. The van der Waals surface area contributed by atoms with Crippen molar-refractivity contribution < 1.29 is 4.74 Å². The number of anilines is 1. The second-order valence-corrected chi connectivity index (χ2v) is 5.43. The number of hydrogen-bond acceptors (Lipinski definition) is 2. The average Bonchev–Trinajstić information content (AvgIpc) is 2.43. The van der Waals surface area contributed by atoms with Gasteiger partial charge >= 0.3 is 0 Å². The summed E-state index contributed by atoms with van der Waals surface area (Å²) in [6.07, 6.45) is 0. The molecule has 2 nitrogen and oxygen atoms in total. The lowest BCUT2D eigenvalue weighted by molar-refractivity contribution is 0.330. The van der Waals surface area contributed by atoms with Crippen LogP contribution in [0.15, 0.2) is 36.4 Å². The summed E-state index contributed by atoms with van der Waals surface area (Å²) in [6, 6.07) is 11.7. The maximum Gasteiger partial charge on any atom is 0.122 e. The van der Waals surface area contributed by atoms with Crippen molar-refractivity contribution in [3.8, 4) is 5.75 Å². The first kappa shape index (κ1) is 15.0. The number of ether oxygens (including phenoxy) is 1. The van der Waals surface area contributed by atoms with Gasteiger partial charge in [0.1, 0.15) is 12.4 Å². The van der Waals surface area contributed by atoms with Gasteiger partial charge in [-0.15, -0.1) is 0 Å². The third-order valence-corrected chi connectivity index (χ3v) is 3.79. The number of rotatable bonds is 5. The maximum absolute atomic E-state index is 6.10. The van der Waals surface area contributed by atoms with Gasteiger partial charge in [0.15, 0.2) is 0 Å². The summed E-state index contributed by atoms with van der Waals surface area (Å²) >= 11 is 12.1. The molecule has 0 radical (unpaired) electrons. The van der Waals surface area contributed by atoms with Crippen LogP contribution in [-0.4, -0.2) is 13.2 Å². The van der Waals surface area contributed by atoms with Crippen molar-refractivity contribution in [2.45, 2.75) is 13.8 Å². The molecule has 0 aliphatic heterocycles. The number of hydrogen-bond donors (Lipinski definition) is 1. The van der Waals surface area contributed by atoms with Crippen LogP contribution in [0.1, 0.15) is 11.1 Å². The van der Waals surface area contributed by atoms with Gasteiger partial charge in [0, 0.05) is 6.54 Å². The monoisotopic (exact) mass is 309 g/mol. The Labute approximate surface area is 129 Å². The zero-order chi connectivity index (χ0) is 14.5. The van der Waals surface area contributed by atoms with Gasteiger partial charge in [0.25, 0.3) is 0 Å². The highest BCUT2D eigenvalue weighted by Gasteiger charge is 2.04. The molecule has 0 fully saturated rings. The van der Waals surface area contributed by atoms with E-state index in [4.69, 9.17) is 27.9 Å². The Bertz CT molecular complexity index is 595. The minimum absolute atomic E-state index is 0.543. The Morgan fingerprint density at radius 1 is 1.10 bits per heavy atom. The second-order valence-electron chi connectivity index (χ2n) is 4.65. The Hall–Kier alpha value is -1.38. The second kappa shape index (κ2) is 6.87. The Morgan fingerprint density at radius 3 is 2.70 bits per heavy atom. The number of nitrogens with one attached hydrogen (secondary N) is 1. The summed E-state index contributed by atoms with van der Waals surface area (Å²) in [5.41, 5.74) is 3.15. The molecule has 0 saturated heterocycles. The molecule has 2 aromatic rings. The van der Waals surface area contributed by atoms with E-state index in [0.717, 1.165) is 17.0 Å². The minimum Gasteiger partial charge on any atom is -0.491 e. The van der Waals surface area contributed by atoms with E-state index in [2.05, 4.69) is 24.4 Å². The highest BCUT2D eigenvalue weighted by Crippen LogP contribution is 2.29. The van der Waals surface area contributed by atoms with Crippen LogP contribution in [0.3, 0.4) is 0 Å². The van der Waals surface area contributed by atoms with Crippen molar-refractivity contribution in [1.29, 1.82) is 0 Å². The predicted octanol–water partition coefficient (Wildman–Crippen LogP) is 5.10. The summed E-state index contributed by atoms with van der Waals surface area (Å²) < 4.78 is 5.77. The lowest BCUT2D eigenvalue weighted by Gasteiger charge is -2.12. The molecule has 4 heteroatoms. The van der Waals surface area contributed by atoms with Crippen molar-refractivity contribution in [3.05, 3.63) is 57.6 Å². The topological polar surface area (TPSA) is 21.3 Å². The highest BCUT2D eigenvalue weighted by molar-refractivity contribution is 6.43. The summed E-state index contributed by atoms with van der Waals surface area (Å²) in [5.74, 6) is 0.920. The standard InChI is InChI=1S/C16H17Cl2NO/c1-11-6-7-12(2)15(10-11)20-9-8-19-14-5-3-4-13(17)16(14)18/h3-7,10,19H,8-9H2,1-2H3. The third kappa shape index (κ3) is 3.81. The molecule has 2 rings (SSSR count). The van der Waals surface area contributed by atoms with Gasteiger partial charge in [0.2, 0.25) is 0 Å². The molecule has 106 valence electrons. The van der Waals surface area contributed by atoms with Gasteiger partial charge in [-0.1, -0.05) is 41.4 Å². The summed E-state index contributed by atoms with van der Waals surface area (Å²) in [6.45, 7) is 5.31. The first-order valence-electron chi connectivity index (χ1n) is 6.46. The van der Waals surface area contributed by atoms with Crippen molar-refractivity contribution in [1.82, 2.24) is 0 Å². The van der Waals surface area contributed by atoms with Gasteiger partial charge < -0.3 is 10.1 Å². The molecular weight excluding hydrogens is 293 g/mol. The molecule has 0 heterocycles. The van der Waals surface area contributed by atoms with Gasteiger partial charge in [0.05, 0.1) is 15.7 Å². The number of benzene rings is 2. The molecule has 2 aromatic carbocycles. The van der Waals surface area contributed by atoms with Crippen molar-refractivity contribution in [2.24, 2.45) is 0 Å². The molecule has 0 saturated carbocycles.